The minimum Gasteiger partial charge on any atom is -0.444 e. The fraction of sp³-hybridized carbons (Fsp3) is 0.500. The van der Waals surface area contributed by atoms with Crippen LogP contribution in [0, 0.1) is 0 Å². The molecular weight excluding hydrogens is 348 g/mol. The Hall–Kier alpha value is -1.56. The molecule has 0 fully saturated rings. The molecule has 0 aliphatic rings. The lowest BCUT2D eigenvalue weighted by atomic mass is 10.2. The Bertz CT molecular complexity index is 509. The van der Waals surface area contributed by atoms with E-state index in [9.17, 15) is 9.59 Å². The van der Waals surface area contributed by atoms with Gasteiger partial charge in [-0.2, -0.15) is 0 Å². The van der Waals surface area contributed by atoms with Gasteiger partial charge in [0.2, 0.25) is 5.91 Å². The number of nitrogens with zero attached hydrogens (tertiary/aromatic N) is 1. The Labute approximate surface area is 140 Å². The van der Waals surface area contributed by atoms with Crippen LogP contribution in [0.3, 0.4) is 0 Å². The van der Waals surface area contributed by atoms with Gasteiger partial charge >= 0.3 is 6.09 Å². The third kappa shape index (κ3) is 7.45. The summed E-state index contributed by atoms with van der Waals surface area (Å²) >= 11 is 3.34. The molecule has 1 aromatic carbocycles. The van der Waals surface area contributed by atoms with E-state index in [-0.39, 0.29) is 12.0 Å². The number of hydrogen-bond acceptors (Lipinski definition) is 3. The van der Waals surface area contributed by atoms with Crippen LogP contribution in [0.15, 0.2) is 28.7 Å². The van der Waals surface area contributed by atoms with E-state index in [4.69, 9.17) is 4.74 Å². The van der Waals surface area contributed by atoms with E-state index in [2.05, 4.69) is 21.2 Å². The second kappa shape index (κ2) is 8.17. The summed E-state index contributed by atoms with van der Waals surface area (Å²) in [5.41, 5.74) is 0.248. The highest BCUT2D eigenvalue weighted by atomic mass is 79.9. The molecule has 6 heteroatoms. The Morgan fingerprint density at radius 2 is 1.82 bits per heavy atom. The lowest BCUT2D eigenvalue weighted by Crippen LogP contribution is -2.35. The van der Waals surface area contributed by atoms with Gasteiger partial charge in [-0.05, 0) is 51.5 Å². The lowest BCUT2D eigenvalue weighted by molar-refractivity contribution is -0.116. The maximum atomic E-state index is 11.8. The molecule has 0 aliphatic carbocycles. The zero-order valence-corrected chi connectivity index (χ0v) is 15.1. The maximum Gasteiger partial charge on any atom is 0.410 e. The van der Waals surface area contributed by atoms with Crippen molar-refractivity contribution in [2.45, 2.75) is 39.2 Å². The van der Waals surface area contributed by atoms with Gasteiger partial charge in [0.15, 0.2) is 0 Å². The lowest BCUT2D eigenvalue weighted by Gasteiger charge is -2.24. The standard InChI is InChI=1S/C16H23BrN2O3/c1-16(2,3)22-15(21)19(4)11-5-6-14(20)18-13-9-7-12(17)8-10-13/h7-10H,5-6,11H2,1-4H3,(H,18,20). The van der Waals surface area contributed by atoms with Gasteiger partial charge in [-0.25, -0.2) is 4.79 Å². The van der Waals surface area contributed by atoms with Crippen LogP contribution in [-0.4, -0.2) is 36.1 Å². The average molecular weight is 371 g/mol. The summed E-state index contributed by atoms with van der Waals surface area (Å²) in [6.07, 6.45) is 0.558. The zero-order valence-electron chi connectivity index (χ0n) is 13.5. The van der Waals surface area contributed by atoms with E-state index in [1.54, 1.807) is 7.05 Å². The number of hydrogen-bond donors (Lipinski definition) is 1. The smallest absolute Gasteiger partial charge is 0.410 e. The fourth-order valence-electron chi connectivity index (χ4n) is 1.66. The molecule has 0 heterocycles. The van der Waals surface area contributed by atoms with Crippen molar-refractivity contribution in [1.29, 1.82) is 0 Å². The second-order valence-electron chi connectivity index (χ2n) is 6.06. The van der Waals surface area contributed by atoms with E-state index in [0.29, 0.717) is 19.4 Å². The summed E-state index contributed by atoms with van der Waals surface area (Å²) in [5, 5.41) is 2.82. The Morgan fingerprint density at radius 3 is 2.36 bits per heavy atom. The van der Waals surface area contributed by atoms with E-state index in [0.717, 1.165) is 10.2 Å². The highest BCUT2D eigenvalue weighted by molar-refractivity contribution is 9.10. The average Bonchev–Trinajstić information content (AvgIpc) is 2.39. The molecule has 0 spiro atoms. The van der Waals surface area contributed by atoms with Crippen LogP contribution in [0.1, 0.15) is 33.6 Å². The number of rotatable bonds is 5. The summed E-state index contributed by atoms with van der Waals surface area (Å²) < 4.78 is 6.21. The van der Waals surface area contributed by atoms with Crippen LogP contribution < -0.4 is 5.32 Å². The zero-order chi connectivity index (χ0) is 16.8. The summed E-state index contributed by atoms with van der Waals surface area (Å²) in [6, 6.07) is 7.39. The number of halogens is 1. The Balaban J connectivity index is 2.30. The van der Waals surface area contributed by atoms with Gasteiger partial charge in [-0.15, -0.1) is 0 Å². The van der Waals surface area contributed by atoms with Gasteiger partial charge in [0.1, 0.15) is 5.60 Å². The molecule has 0 bridgehead atoms. The van der Waals surface area contributed by atoms with Gasteiger partial charge in [-0.1, -0.05) is 15.9 Å². The third-order valence-corrected chi connectivity index (χ3v) is 3.26. The summed E-state index contributed by atoms with van der Waals surface area (Å²) in [5.74, 6) is -0.0695. The number of benzene rings is 1. The summed E-state index contributed by atoms with van der Waals surface area (Å²) in [4.78, 5) is 25.1. The van der Waals surface area contributed by atoms with Crippen molar-refractivity contribution in [3.63, 3.8) is 0 Å². The monoisotopic (exact) mass is 370 g/mol. The minimum atomic E-state index is -0.510. The van der Waals surface area contributed by atoms with Crippen molar-refractivity contribution in [1.82, 2.24) is 4.90 Å². The van der Waals surface area contributed by atoms with E-state index in [1.165, 1.54) is 4.90 Å². The first-order valence-corrected chi connectivity index (χ1v) is 7.96. The van der Waals surface area contributed by atoms with Gasteiger partial charge in [-0.3, -0.25) is 4.79 Å². The molecule has 2 amide bonds. The van der Waals surface area contributed by atoms with Crippen LogP contribution in [0.2, 0.25) is 0 Å². The molecule has 1 aromatic rings. The molecule has 0 aromatic heterocycles. The summed E-state index contributed by atoms with van der Waals surface area (Å²) in [7, 11) is 1.67. The molecule has 1 rings (SSSR count). The van der Waals surface area contributed by atoms with Crippen LogP contribution in [0.4, 0.5) is 10.5 Å². The van der Waals surface area contributed by atoms with E-state index in [1.807, 2.05) is 45.0 Å². The number of anilines is 1. The first-order valence-electron chi connectivity index (χ1n) is 7.17. The molecular formula is C16H23BrN2O3. The predicted molar refractivity (Wildman–Crippen MR) is 90.9 cm³/mol. The quantitative estimate of drug-likeness (QED) is 0.850. The third-order valence-electron chi connectivity index (χ3n) is 2.73. The fourth-order valence-corrected chi connectivity index (χ4v) is 1.93. The van der Waals surface area contributed by atoms with E-state index >= 15 is 0 Å². The number of ether oxygens (including phenoxy) is 1. The number of amides is 2. The van der Waals surface area contributed by atoms with Crippen molar-refractivity contribution in [3.8, 4) is 0 Å². The molecule has 5 nitrogen and oxygen atoms in total. The molecule has 22 heavy (non-hydrogen) atoms. The summed E-state index contributed by atoms with van der Waals surface area (Å²) in [6.45, 7) is 5.95. The molecule has 0 aliphatic heterocycles. The molecule has 1 N–H and O–H groups in total. The normalized spacial score (nSPS) is 11.0. The topological polar surface area (TPSA) is 58.6 Å². The largest absolute Gasteiger partial charge is 0.444 e. The number of carbonyl (C=O) groups excluding carboxylic acids is 2. The number of carbonyl (C=O) groups is 2. The molecule has 122 valence electrons. The number of nitrogens with one attached hydrogen (secondary N) is 1. The van der Waals surface area contributed by atoms with E-state index < -0.39 is 5.60 Å². The van der Waals surface area contributed by atoms with Gasteiger partial charge in [0, 0.05) is 30.2 Å². The maximum absolute atomic E-state index is 11.8. The van der Waals surface area contributed by atoms with Crippen LogP contribution in [-0.2, 0) is 9.53 Å². The Morgan fingerprint density at radius 1 is 1.23 bits per heavy atom. The predicted octanol–water partition coefficient (Wildman–Crippen LogP) is 4.03. The van der Waals surface area contributed by atoms with Crippen LogP contribution in [0.25, 0.3) is 0 Å². The van der Waals surface area contributed by atoms with Gasteiger partial charge in [0.25, 0.3) is 0 Å². The SMILES string of the molecule is CN(CCCC(=O)Nc1ccc(Br)cc1)C(=O)OC(C)(C)C. The molecule has 0 atom stereocenters. The highest BCUT2D eigenvalue weighted by Gasteiger charge is 2.19. The molecule has 0 unspecified atom stereocenters. The Kier molecular flexibility index (Phi) is 6.87. The van der Waals surface area contributed by atoms with Gasteiger partial charge < -0.3 is 15.0 Å². The minimum absolute atomic E-state index is 0.0695. The first kappa shape index (κ1) is 18.5. The molecule has 0 saturated heterocycles. The van der Waals surface area contributed by atoms with Crippen molar-refractivity contribution in [3.05, 3.63) is 28.7 Å². The second-order valence-corrected chi connectivity index (χ2v) is 6.98. The molecule has 0 saturated carbocycles. The van der Waals surface area contributed by atoms with Crippen molar-refractivity contribution in [2.75, 3.05) is 18.9 Å². The first-order chi connectivity index (χ1) is 10.2. The van der Waals surface area contributed by atoms with Crippen molar-refractivity contribution in [2.24, 2.45) is 0 Å². The highest BCUT2D eigenvalue weighted by Crippen LogP contribution is 2.14. The van der Waals surface area contributed by atoms with Crippen molar-refractivity contribution < 1.29 is 14.3 Å². The van der Waals surface area contributed by atoms with Crippen LogP contribution in [0.5, 0.6) is 0 Å². The van der Waals surface area contributed by atoms with Crippen LogP contribution >= 0.6 is 15.9 Å². The van der Waals surface area contributed by atoms with Crippen molar-refractivity contribution >= 4 is 33.6 Å². The van der Waals surface area contributed by atoms with Gasteiger partial charge in [0.05, 0.1) is 0 Å². The molecule has 0 radical (unpaired) electrons.